The first-order valence-corrected chi connectivity index (χ1v) is 16.4. The number of carboxylic acid groups (broad SMARTS) is 2. The molecule has 3 aromatic heterocycles. The molecule has 0 aliphatic carbocycles. The van der Waals surface area contributed by atoms with Crippen molar-refractivity contribution in [2.45, 2.75) is 70.8 Å². The van der Waals surface area contributed by atoms with Crippen LogP contribution in [0.3, 0.4) is 0 Å². The zero-order chi connectivity index (χ0) is 31.4. The van der Waals surface area contributed by atoms with E-state index in [1.54, 1.807) is 0 Å². The van der Waals surface area contributed by atoms with E-state index < -0.39 is 11.9 Å². The van der Waals surface area contributed by atoms with Gasteiger partial charge in [-0.25, -0.2) is 9.97 Å². The molecule has 0 amide bonds. The average Bonchev–Trinajstić information content (AvgIpc) is 3.49. The van der Waals surface area contributed by atoms with Crippen molar-refractivity contribution in [3.05, 3.63) is 69.3 Å². The van der Waals surface area contributed by atoms with E-state index in [9.17, 15) is 19.8 Å². The molecule has 3 aliphatic rings. The van der Waals surface area contributed by atoms with Crippen molar-refractivity contribution in [2.75, 3.05) is 5.75 Å². The van der Waals surface area contributed by atoms with E-state index in [0.717, 1.165) is 72.7 Å². The van der Waals surface area contributed by atoms with Crippen molar-refractivity contribution in [3.8, 4) is 0 Å². The Morgan fingerprint density at radius 2 is 1.38 bits per heavy atom. The van der Waals surface area contributed by atoms with Crippen LogP contribution in [0.4, 0.5) is 0 Å². The number of aryl methyl sites for hydroxylation is 3. The molecule has 0 radical (unpaired) electrons. The van der Waals surface area contributed by atoms with Crippen LogP contribution in [-0.2, 0) is 44.8 Å². The van der Waals surface area contributed by atoms with Crippen LogP contribution in [0, 0.1) is 13.8 Å². The van der Waals surface area contributed by atoms with E-state index in [2.05, 4.69) is 19.9 Å². The summed E-state index contributed by atoms with van der Waals surface area (Å²) in [5.41, 5.74) is 14.1. The Balaban J connectivity index is 0.00000400. The Labute approximate surface area is 282 Å². The van der Waals surface area contributed by atoms with Crippen LogP contribution >= 0.6 is 12.6 Å². The molecule has 0 aromatic carbocycles. The molecule has 0 spiro atoms. The maximum absolute atomic E-state index is 11.6. The van der Waals surface area contributed by atoms with Gasteiger partial charge in [0.15, 0.2) is 11.0 Å². The van der Waals surface area contributed by atoms with E-state index in [0.29, 0.717) is 35.0 Å². The first-order chi connectivity index (χ1) is 20.9. The van der Waals surface area contributed by atoms with Gasteiger partial charge < -0.3 is 20.2 Å². The maximum Gasteiger partial charge on any atom is 2.00 e. The summed E-state index contributed by atoms with van der Waals surface area (Å²) in [6, 6.07) is 7.94. The van der Waals surface area contributed by atoms with E-state index in [1.165, 1.54) is 17.3 Å². The van der Waals surface area contributed by atoms with Crippen LogP contribution in [0.1, 0.15) is 90.3 Å². The van der Waals surface area contributed by atoms with Crippen molar-refractivity contribution in [1.29, 1.82) is 0 Å². The van der Waals surface area contributed by atoms with Gasteiger partial charge >= 0.3 is 29.0 Å². The number of hydrogen-bond acceptors (Lipinski definition) is 5. The molecule has 0 unspecified atom stereocenters. The van der Waals surface area contributed by atoms with Gasteiger partial charge in [0.2, 0.25) is 0 Å². The first kappa shape index (κ1) is 33.1. The summed E-state index contributed by atoms with van der Waals surface area (Å²) >= 11 is 6.20. The fourth-order valence-corrected chi connectivity index (χ4v) is 7.40. The van der Waals surface area contributed by atoms with Crippen LogP contribution in [-0.4, -0.2) is 43.1 Å². The van der Waals surface area contributed by atoms with Crippen molar-refractivity contribution in [3.63, 3.8) is 0 Å². The fraction of sp³-hybridized carbons (Fsp3) is 0.353. The SMILES string of the molecule is CC1=C(CCC(=O)O)c2cc3[n-]c(cc4nc(cc5[n-]c(cc1n2)c([C@@H](C)S)c5C)C([C@@H]1C[SH+]1)=C4C)c(C)c3CCC(=O)O.[Fe+2]. The van der Waals surface area contributed by atoms with Gasteiger partial charge in [-0.2, -0.15) is 12.6 Å². The second-order valence-corrected chi connectivity index (χ2v) is 13.9. The molecule has 2 atom stereocenters. The van der Waals surface area contributed by atoms with Gasteiger partial charge in [-0.05, 0) is 81.5 Å². The standard InChI is InChI=1S/C34H36N4O4S2.Fe/c1-15-20(6-8-31(39)40)26-13-27-21(7-9-32(41)42)16(2)23(36-27)11-28-33(19(5)43)17(3)25(37-28)12-29-34(30-14-44-30)18(4)24(38-29)10-22(15)35-26;/h10-13,19,30H,6-9,14H2,1-5H3,(H5,35,36,37,38,39,40,41,42,43);/q;+2/p-1/t19-,30+;/m1./s1. The van der Waals surface area contributed by atoms with Crippen LogP contribution in [0.2, 0.25) is 0 Å². The smallest absolute Gasteiger partial charge is 0.657 e. The fourth-order valence-electron chi connectivity index (χ4n) is 6.28. The third kappa shape index (κ3) is 6.41. The predicted octanol–water partition coefficient (Wildman–Crippen LogP) is 6.12. The number of thiol groups is 2. The summed E-state index contributed by atoms with van der Waals surface area (Å²) in [4.78, 5) is 43.3. The van der Waals surface area contributed by atoms with Gasteiger partial charge in [0, 0.05) is 23.7 Å². The normalized spacial score (nSPS) is 16.5. The van der Waals surface area contributed by atoms with Crippen molar-refractivity contribution in [1.82, 2.24) is 19.9 Å². The minimum Gasteiger partial charge on any atom is -0.657 e. The molecule has 45 heavy (non-hydrogen) atoms. The Morgan fingerprint density at radius 1 is 0.844 bits per heavy atom. The number of nitrogens with zero attached hydrogens (tertiary/aromatic N) is 4. The molecular weight excluding hydrogens is 648 g/mol. The van der Waals surface area contributed by atoms with Gasteiger partial charge in [0.25, 0.3) is 0 Å². The second-order valence-electron chi connectivity index (χ2n) is 11.7. The molecular formula is C34H35FeN4O4S2+. The van der Waals surface area contributed by atoms with Gasteiger partial charge in [-0.3, -0.25) is 9.59 Å². The average molecular weight is 684 g/mol. The van der Waals surface area contributed by atoms with E-state index in [-0.39, 0.29) is 35.2 Å². The van der Waals surface area contributed by atoms with Gasteiger partial charge in [0.1, 0.15) is 0 Å². The van der Waals surface area contributed by atoms with Crippen molar-refractivity contribution in [2.24, 2.45) is 0 Å². The first-order valence-electron chi connectivity index (χ1n) is 14.8. The van der Waals surface area contributed by atoms with Gasteiger partial charge in [-0.15, -0.1) is 22.1 Å². The number of fused-ring (bicyclic) bond motifs is 8. The van der Waals surface area contributed by atoms with Crippen LogP contribution < -0.4 is 9.97 Å². The number of carboxylic acids is 2. The van der Waals surface area contributed by atoms with E-state index in [4.69, 9.17) is 32.6 Å². The zero-order valence-electron chi connectivity index (χ0n) is 25.7. The van der Waals surface area contributed by atoms with Crippen LogP contribution in [0.15, 0.2) is 24.3 Å². The molecule has 6 rings (SSSR count). The Hall–Kier alpha value is -3.24. The number of rotatable bonds is 8. The largest absolute Gasteiger partial charge is 2.00 e. The summed E-state index contributed by atoms with van der Waals surface area (Å²) in [7, 11) is 0. The summed E-state index contributed by atoms with van der Waals surface area (Å²) in [6.45, 7) is 10.2. The van der Waals surface area contributed by atoms with Crippen molar-refractivity contribution < 1.29 is 36.9 Å². The third-order valence-electron chi connectivity index (χ3n) is 8.77. The molecule has 6 heterocycles. The third-order valence-corrected chi connectivity index (χ3v) is 10.0. The monoisotopic (exact) mass is 683 g/mol. The molecule has 2 N–H and O–H groups in total. The Kier molecular flexibility index (Phi) is 9.47. The molecule has 234 valence electrons. The number of allylic oxidation sites excluding steroid dienone is 3. The molecule has 8 nitrogen and oxygen atoms in total. The number of aromatic nitrogens is 4. The molecule has 3 aliphatic heterocycles. The second kappa shape index (κ2) is 12.9. The molecule has 8 bridgehead atoms. The number of aliphatic carboxylic acids is 2. The minimum atomic E-state index is -0.886. The summed E-state index contributed by atoms with van der Waals surface area (Å²) in [6.07, 6.45) is 0.557. The predicted molar refractivity (Wildman–Crippen MR) is 181 cm³/mol. The zero-order valence-corrected chi connectivity index (χ0v) is 28.6. The quantitative estimate of drug-likeness (QED) is 0.112. The van der Waals surface area contributed by atoms with Crippen LogP contribution in [0.5, 0.6) is 0 Å². The minimum absolute atomic E-state index is 0. The number of carbonyl (C=O) groups is 2. The molecule has 1 saturated heterocycles. The van der Waals surface area contributed by atoms with Crippen LogP contribution in [0.25, 0.3) is 44.4 Å². The van der Waals surface area contributed by atoms with Gasteiger partial charge in [0.05, 0.1) is 22.8 Å². The summed E-state index contributed by atoms with van der Waals surface area (Å²) in [5, 5.41) is 19.4. The van der Waals surface area contributed by atoms with E-state index >= 15 is 0 Å². The number of hydrogen-bond donors (Lipinski definition) is 3. The topological polar surface area (TPSA) is 129 Å². The summed E-state index contributed by atoms with van der Waals surface area (Å²) in [5.74, 6) is -0.656. The molecule has 11 heteroatoms. The van der Waals surface area contributed by atoms with Gasteiger partial charge in [-0.1, -0.05) is 41.0 Å². The Morgan fingerprint density at radius 3 is 2.02 bits per heavy atom. The molecule has 1 fully saturated rings. The summed E-state index contributed by atoms with van der Waals surface area (Å²) < 4.78 is 0. The van der Waals surface area contributed by atoms with E-state index in [1.807, 2.05) is 39.0 Å². The Bertz CT molecular complexity index is 1970. The maximum atomic E-state index is 11.6. The molecule has 0 saturated carbocycles. The molecule has 3 aromatic rings. The van der Waals surface area contributed by atoms with Crippen molar-refractivity contribution >= 4 is 80.7 Å².